The van der Waals surface area contributed by atoms with Gasteiger partial charge in [0.15, 0.2) is 19.7 Å². The maximum absolute atomic E-state index is 11.2. The molecular weight excluding hydrogens is 236 g/mol. The zero-order valence-corrected chi connectivity index (χ0v) is 10.1. The molecular formula is C9H12O4S2. The quantitative estimate of drug-likeness (QED) is 0.787. The normalized spacial score (nSPS) is 12.7. The summed E-state index contributed by atoms with van der Waals surface area (Å²) in [6.45, 7) is 0. The van der Waals surface area contributed by atoms with Gasteiger partial charge >= 0.3 is 0 Å². The molecule has 4 nitrogen and oxygen atoms in total. The van der Waals surface area contributed by atoms with Crippen molar-refractivity contribution in [3.63, 3.8) is 0 Å². The fourth-order valence-corrected chi connectivity index (χ4v) is 2.64. The highest BCUT2D eigenvalue weighted by atomic mass is 32.2. The first-order valence-corrected chi connectivity index (χ1v) is 8.10. The van der Waals surface area contributed by atoms with Crippen molar-refractivity contribution in [3.8, 4) is 0 Å². The second kappa shape index (κ2) is 3.94. The summed E-state index contributed by atoms with van der Waals surface area (Å²) in [6, 6.07) is 5.96. The van der Waals surface area contributed by atoms with Crippen molar-refractivity contribution >= 4 is 19.7 Å². The fraction of sp³-hybridized carbons (Fsp3) is 0.333. The van der Waals surface area contributed by atoms with Crippen molar-refractivity contribution in [1.29, 1.82) is 0 Å². The van der Waals surface area contributed by atoms with Gasteiger partial charge < -0.3 is 0 Å². The van der Waals surface area contributed by atoms with Crippen LogP contribution in [0, 0.1) is 0 Å². The Bertz CT molecular complexity index is 556. The Balaban J connectivity index is 3.15. The second-order valence-electron chi connectivity index (χ2n) is 3.49. The molecule has 0 saturated heterocycles. The minimum Gasteiger partial charge on any atom is -0.229 e. The molecule has 0 N–H and O–H groups in total. The van der Waals surface area contributed by atoms with Crippen LogP contribution in [0.1, 0.15) is 5.56 Å². The molecule has 0 atom stereocenters. The Labute approximate surface area is 89.8 Å². The van der Waals surface area contributed by atoms with E-state index in [1.165, 1.54) is 18.2 Å². The molecule has 0 radical (unpaired) electrons. The van der Waals surface area contributed by atoms with E-state index in [9.17, 15) is 16.8 Å². The van der Waals surface area contributed by atoms with Crippen molar-refractivity contribution < 1.29 is 16.8 Å². The van der Waals surface area contributed by atoms with Crippen LogP contribution in [0.3, 0.4) is 0 Å². The first kappa shape index (κ1) is 12.2. The van der Waals surface area contributed by atoms with Crippen LogP contribution < -0.4 is 0 Å². The van der Waals surface area contributed by atoms with Crippen LogP contribution in [0.15, 0.2) is 29.2 Å². The van der Waals surface area contributed by atoms with Gasteiger partial charge in [-0.25, -0.2) is 16.8 Å². The molecule has 0 spiro atoms. The molecule has 84 valence electrons. The SMILES string of the molecule is CS(=O)(=O)Cc1cccc(S(C)(=O)=O)c1. The number of sulfone groups is 2. The van der Waals surface area contributed by atoms with Crippen LogP contribution in [-0.2, 0) is 25.4 Å². The maximum Gasteiger partial charge on any atom is 0.175 e. The van der Waals surface area contributed by atoms with E-state index in [1.807, 2.05) is 0 Å². The predicted octanol–water partition coefficient (Wildman–Crippen LogP) is 0.635. The highest BCUT2D eigenvalue weighted by Crippen LogP contribution is 2.13. The Kier molecular flexibility index (Phi) is 3.20. The molecule has 0 aliphatic rings. The van der Waals surface area contributed by atoms with E-state index in [0.29, 0.717) is 5.56 Å². The molecule has 0 amide bonds. The smallest absolute Gasteiger partial charge is 0.175 e. The van der Waals surface area contributed by atoms with Crippen LogP contribution in [-0.4, -0.2) is 29.3 Å². The molecule has 15 heavy (non-hydrogen) atoms. The lowest BCUT2D eigenvalue weighted by Gasteiger charge is -2.02. The van der Waals surface area contributed by atoms with Gasteiger partial charge in [-0.05, 0) is 17.7 Å². The minimum absolute atomic E-state index is 0.142. The fourth-order valence-electron chi connectivity index (χ4n) is 1.17. The summed E-state index contributed by atoms with van der Waals surface area (Å²) in [4.78, 5) is 0.142. The van der Waals surface area contributed by atoms with E-state index in [0.717, 1.165) is 12.5 Å². The molecule has 0 aromatic heterocycles. The lowest BCUT2D eigenvalue weighted by atomic mass is 10.2. The monoisotopic (exact) mass is 248 g/mol. The zero-order chi connectivity index (χ0) is 11.7. The third kappa shape index (κ3) is 4.01. The summed E-state index contributed by atoms with van der Waals surface area (Å²) in [5, 5.41) is 0. The molecule has 1 rings (SSSR count). The van der Waals surface area contributed by atoms with E-state index < -0.39 is 19.7 Å². The molecule has 0 saturated carbocycles. The molecule has 6 heteroatoms. The van der Waals surface area contributed by atoms with E-state index >= 15 is 0 Å². The molecule has 1 aromatic rings. The van der Waals surface area contributed by atoms with Gasteiger partial charge in [-0.1, -0.05) is 12.1 Å². The van der Waals surface area contributed by atoms with Gasteiger partial charge in [0.1, 0.15) is 0 Å². The summed E-state index contributed by atoms with van der Waals surface area (Å²) >= 11 is 0. The number of hydrogen-bond acceptors (Lipinski definition) is 4. The Morgan fingerprint density at radius 1 is 1.07 bits per heavy atom. The molecule has 0 aliphatic carbocycles. The number of rotatable bonds is 3. The van der Waals surface area contributed by atoms with Gasteiger partial charge in [0.2, 0.25) is 0 Å². The maximum atomic E-state index is 11.2. The van der Waals surface area contributed by atoms with Crippen molar-refractivity contribution in [3.05, 3.63) is 29.8 Å². The van der Waals surface area contributed by atoms with Crippen molar-refractivity contribution in [2.75, 3.05) is 12.5 Å². The summed E-state index contributed by atoms with van der Waals surface area (Å²) in [6.07, 6.45) is 2.20. The van der Waals surface area contributed by atoms with Gasteiger partial charge in [0.05, 0.1) is 10.6 Å². The first-order chi connectivity index (χ1) is 6.68. The van der Waals surface area contributed by atoms with E-state index in [-0.39, 0.29) is 10.6 Å². The molecule has 0 fully saturated rings. The average Bonchev–Trinajstić information content (AvgIpc) is 1.99. The number of benzene rings is 1. The molecule has 1 aromatic carbocycles. The van der Waals surface area contributed by atoms with Gasteiger partial charge in [-0.2, -0.15) is 0 Å². The summed E-state index contributed by atoms with van der Waals surface area (Å²) in [5.41, 5.74) is 0.487. The Morgan fingerprint density at radius 2 is 1.67 bits per heavy atom. The van der Waals surface area contributed by atoms with E-state index in [2.05, 4.69) is 0 Å². The van der Waals surface area contributed by atoms with E-state index in [4.69, 9.17) is 0 Å². The largest absolute Gasteiger partial charge is 0.229 e. The summed E-state index contributed by atoms with van der Waals surface area (Å²) < 4.78 is 44.4. The van der Waals surface area contributed by atoms with Crippen LogP contribution in [0.4, 0.5) is 0 Å². The molecule has 0 unspecified atom stereocenters. The minimum atomic E-state index is -3.28. The van der Waals surface area contributed by atoms with Gasteiger partial charge in [-0.3, -0.25) is 0 Å². The van der Waals surface area contributed by atoms with Gasteiger partial charge in [0, 0.05) is 12.5 Å². The lowest BCUT2D eigenvalue weighted by Crippen LogP contribution is -2.03. The summed E-state index contributed by atoms with van der Waals surface area (Å²) in [5.74, 6) is -0.143. The predicted molar refractivity (Wildman–Crippen MR) is 58.1 cm³/mol. The Hall–Kier alpha value is -0.880. The Morgan fingerprint density at radius 3 is 2.13 bits per heavy atom. The summed E-state index contributed by atoms with van der Waals surface area (Å²) in [7, 11) is -6.41. The van der Waals surface area contributed by atoms with Crippen LogP contribution in [0.25, 0.3) is 0 Å². The molecule has 0 bridgehead atoms. The highest BCUT2D eigenvalue weighted by Gasteiger charge is 2.09. The average molecular weight is 248 g/mol. The van der Waals surface area contributed by atoms with E-state index in [1.54, 1.807) is 6.07 Å². The van der Waals surface area contributed by atoms with Crippen molar-refractivity contribution in [2.24, 2.45) is 0 Å². The van der Waals surface area contributed by atoms with Crippen LogP contribution >= 0.6 is 0 Å². The lowest BCUT2D eigenvalue weighted by molar-refractivity contribution is 0.598. The first-order valence-electron chi connectivity index (χ1n) is 4.15. The zero-order valence-electron chi connectivity index (χ0n) is 8.47. The molecule has 0 aliphatic heterocycles. The van der Waals surface area contributed by atoms with Crippen LogP contribution in [0.5, 0.6) is 0 Å². The van der Waals surface area contributed by atoms with Gasteiger partial charge in [-0.15, -0.1) is 0 Å². The second-order valence-corrected chi connectivity index (χ2v) is 7.65. The third-order valence-electron chi connectivity index (χ3n) is 1.76. The van der Waals surface area contributed by atoms with Crippen molar-refractivity contribution in [2.45, 2.75) is 10.6 Å². The topological polar surface area (TPSA) is 68.3 Å². The van der Waals surface area contributed by atoms with Crippen molar-refractivity contribution in [1.82, 2.24) is 0 Å². The number of hydrogen-bond donors (Lipinski definition) is 0. The van der Waals surface area contributed by atoms with Crippen LogP contribution in [0.2, 0.25) is 0 Å². The standard InChI is InChI=1S/C9H12O4S2/c1-14(10,11)7-8-4-3-5-9(6-8)15(2,12)13/h3-6H,7H2,1-2H3. The third-order valence-corrected chi connectivity index (χ3v) is 3.72. The molecule has 0 heterocycles. The van der Waals surface area contributed by atoms with Gasteiger partial charge in [0.25, 0.3) is 0 Å². The highest BCUT2D eigenvalue weighted by molar-refractivity contribution is 7.90.